The second-order valence-electron chi connectivity index (χ2n) is 16.7. The summed E-state index contributed by atoms with van der Waals surface area (Å²) < 4.78 is 23.8. The molecule has 0 bridgehead atoms. The fraction of sp³-hybridized carbons (Fsp3) is 0. The Bertz CT molecular complexity index is 3930. The van der Waals surface area contributed by atoms with E-state index in [-0.39, 0.29) is 0 Å². The Hall–Kier alpha value is -8.10. The van der Waals surface area contributed by atoms with Crippen molar-refractivity contribution in [1.29, 1.82) is 0 Å². The molecule has 0 saturated carbocycles. The van der Waals surface area contributed by atoms with Crippen molar-refractivity contribution in [2.24, 2.45) is 0 Å². The maximum absolute atomic E-state index is 7.38. The third kappa shape index (κ3) is 5.13. The summed E-state index contributed by atoms with van der Waals surface area (Å²) in [6.07, 6.45) is 3.88. The molecule has 0 aliphatic heterocycles. The molecule has 8 aromatic carbocycles. The highest BCUT2D eigenvalue weighted by atomic mass is 32.1. The van der Waals surface area contributed by atoms with E-state index in [4.69, 9.17) is 23.2 Å². The van der Waals surface area contributed by atoms with Crippen LogP contribution in [0.25, 0.3) is 108 Å². The molecule has 0 atom stereocenters. The Labute approximate surface area is 376 Å². The van der Waals surface area contributed by atoms with Crippen LogP contribution < -0.4 is 20.9 Å². The van der Waals surface area contributed by atoms with E-state index in [1.54, 1.807) is 11.3 Å². The zero-order chi connectivity index (χ0) is 42.6. The van der Waals surface area contributed by atoms with Gasteiger partial charge in [0.05, 0.1) is 5.32 Å². The lowest BCUT2D eigenvalue weighted by atomic mass is 10.00. The number of hydrogen-bond acceptors (Lipinski definition) is 6. The van der Waals surface area contributed by atoms with Gasteiger partial charge in [0.25, 0.3) is 0 Å². The minimum absolute atomic E-state index is 0.762. The number of furan rings is 3. The molecule has 7 heteroatoms. The van der Waals surface area contributed by atoms with Crippen LogP contribution in [-0.2, 0) is 0 Å². The zero-order valence-electron chi connectivity index (χ0n) is 34.7. The third-order valence-electron chi connectivity index (χ3n) is 13.4. The molecule has 14 rings (SSSR count). The van der Waals surface area contributed by atoms with Crippen molar-refractivity contribution in [3.05, 3.63) is 207 Å². The van der Waals surface area contributed by atoms with Crippen molar-refractivity contribution in [3.63, 3.8) is 0 Å². The first-order valence-corrected chi connectivity index (χ1v) is 24.6. The molecule has 5 nitrogen and oxygen atoms in total. The molecule has 0 N–H and O–H groups in total. The molecule has 0 spiro atoms. The van der Waals surface area contributed by atoms with Crippen LogP contribution in [0.5, 0.6) is 0 Å². The molecule has 6 aromatic heterocycles. The normalized spacial score (nSPS) is 12.3. The highest BCUT2D eigenvalue weighted by molar-refractivity contribution is 7.26. The van der Waals surface area contributed by atoms with Gasteiger partial charge in [-0.2, -0.15) is 0 Å². The summed E-state index contributed by atoms with van der Waals surface area (Å²) >= 11 is 1.80. The van der Waals surface area contributed by atoms with Crippen molar-refractivity contribution >= 4 is 126 Å². The molecular formula is C58H34N2O3SSi. The SMILES string of the molecule is c1ccc([Si](c2ccccc2)(c2cccc3c2oc2c(-c4cccc5c4sc4ccccc45)nccc23)c2nccc3c2oc2c(-c4cccc5c4oc4ccccc45)cccc23)cc1. The van der Waals surface area contributed by atoms with Crippen LogP contribution in [0.1, 0.15) is 0 Å². The first kappa shape index (κ1) is 36.4. The summed E-state index contributed by atoms with van der Waals surface area (Å²) in [5.41, 5.74) is 8.69. The van der Waals surface area contributed by atoms with Gasteiger partial charge in [-0.05, 0) is 39.8 Å². The summed E-state index contributed by atoms with van der Waals surface area (Å²) in [6, 6.07) is 68.7. The van der Waals surface area contributed by atoms with E-state index in [0.717, 1.165) is 98.7 Å². The first-order valence-electron chi connectivity index (χ1n) is 21.8. The quantitative estimate of drug-likeness (QED) is 0.123. The average molecular weight is 867 g/mol. The van der Waals surface area contributed by atoms with Crippen molar-refractivity contribution < 1.29 is 13.3 Å². The number of rotatable bonds is 6. The third-order valence-corrected chi connectivity index (χ3v) is 19.2. The highest BCUT2D eigenvalue weighted by Crippen LogP contribution is 2.44. The minimum Gasteiger partial charge on any atom is -0.455 e. The number of thiophene rings is 1. The van der Waals surface area contributed by atoms with Crippen LogP contribution in [-0.4, -0.2) is 18.0 Å². The summed E-state index contributed by atoms with van der Waals surface area (Å²) in [6.45, 7) is 0. The van der Waals surface area contributed by atoms with E-state index in [1.807, 2.05) is 24.5 Å². The Balaban J connectivity index is 1.07. The lowest BCUT2D eigenvalue weighted by molar-refractivity contribution is 0.665. The molecule has 14 aromatic rings. The van der Waals surface area contributed by atoms with E-state index in [1.165, 1.54) is 30.5 Å². The van der Waals surface area contributed by atoms with Gasteiger partial charge in [-0.3, -0.25) is 9.97 Å². The van der Waals surface area contributed by atoms with Gasteiger partial charge in [-0.25, -0.2) is 0 Å². The van der Waals surface area contributed by atoms with Gasteiger partial charge < -0.3 is 13.3 Å². The Morgan fingerprint density at radius 2 is 0.877 bits per heavy atom. The molecule has 0 aliphatic carbocycles. The summed E-state index contributed by atoms with van der Waals surface area (Å²) in [5.74, 6) is 0. The Kier molecular flexibility index (Phi) is 7.81. The van der Waals surface area contributed by atoms with E-state index in [0.29, 0.717) is 0 Å². The van der Waals surface area contributed by atoms with Crippen molar-refractivity contribution in [2.45, 2.75) is 0 Å². The lowest BCUT2D eigenvalue weighted by Gasteiger charge is -2.33. The number of fused-ring (bicyclic) bond motifs is 12. The van der Waals surface area contributed by atoms with Gasteiger partial charge in [-0.15, -0.1) is 11.3 Å². The van der Waals surface area contributed by atoms with E-state index >= 15 is 0 Å². The van der Waals surface area contributed by atoms with Gasteiger partial charge in [0.2, 0.25) is 8.07 Å². The highest BCUT2D eigenvalue weighted by Gasteiger charge is 2.47. The smallest absolute Gasteiger partial charge is 0.210 e. The van der Waals surface area contributed by atoms with E-state index < -0.39 is 8.07 Å². The first-order chi connectivity index (χ1) is 32.3. The number of aromatic nitrogens is 2. The van der Waals surface area contributed by atoms with Gasteiger partial charge in [-0.1, -0.05) is 170 Å². The number of benzene rings is 8. The van der Waals surface area contributed by atoms with Crippen LogP contribution in [0.2, 0.25) is 0 Å². The Morgan fingerprint density at radius 1 is 0.354 bits per heavy atom. The van der Waals surface area contributed by atoms with Gasteiger partial charge in [0.15, 0.2) is 11.2 Å². The van der Waals surface area contributed by atoms with Gasteiger partial charge in [0.1, 0.15) is 28.0 Å². The maximum Gasteiger partial charge on any atom is 0.210 e. The monoisotopic (exact) mass is 866 g/mol. The molecular weight excluding hydrogens is 833 g/mol. The van der Waals surface area contributed by atoms with Crippen LogP contribution in [0.3, 0.4) is 0 Å². The standard InChI is InChI=1S/C58H34N2O3SSi/c1-3-15-35(16-4-1)65(36-17-5-2-6-18-36,50-30-14-25-43-44-31-33-59-51(55(44)63-54(43)50)47-27-13-26-46-38-20-8-10-29-49(38)64-57(46)47)58-56-45(32-34-60-58)42-24-12-23-41(53(42)62-56)40-22-11-21-39-37-19-7-9-28-48(37)61-52(39)40/h1-34H. The molecule has 6 heterocycles. The second-order valence-corrected chi connectivity index (χ2v) is 21.4. The fourth-order valence-electron chi connectivity index (χ4n) is 10.6. The molecule has 304 valence electrons. The second kappa shape index (κ2) is 13.9. The van der Waals surface area contributed by atoms with Crippen LogP contribution in [0.15, 0.2) is 220 Å². The molecule has 0 saturated heterocycles. The number of para-hydroxylation sites is 4. The molecule has 0 amide bonds. The number of pyridine rings is 2. The largest absolute Gasteiger partial charge is 0.455 e. The molecule has 0 radical (unpaired) electrons. The number of hydrogen-bond donors (Lipinski definition) is 0. The predicted octanol–water partition coefficient (Wildman–Crippen LogP) is 13.3. The molecule has 0 aliphatic rings. The van der Waals surface area contributed by atoms with Gasteiger partial charge >= 0.3 is 0 Å². The van der Waals surface area contributed by atoms with Crippen molar-refractivity contribution in [3.8, 4) is 22.4 Å². The fourth-order valence-corrected chi connectivity index (χ4v) is 16.6. The van der Waals surface area contributed by atoms with E-state index in [2.05, 4.69) is 182 Å². The summed E-state index contributed by atoms with van der Waals surface area (Å²) in [7, 11) is -3.42. The molecule has 65 heavy (non-hydrogen) atoms. The topological polar surface area (TPSA) is 65.2 Å². The van der Waals surface area contributed by atoms with Gasteiger partial charge in [0, 0.05) is 81.6 Å². The molecule has 0 unspecified atom stereocenters. The Morgan fingerprint density at radius 3 is 1.63 bits per heavy atom. The summed E-state index contributed by atoms with van der Waals surface area (Å²) in [4.78, 5) is 10.5. The maximum atomic E-state index is 7.38. The van der Waals surface area contributed by atoms with Crippen molar-refractivity contribution in [1.82, 2.24) is 9.97 Å². The van der Waals surface area contributed by atoms with Crippen LogP contribution in [0.4, 0.5) is 0 Å². The minimum atomic E-state index is -3.42. The predicted molar refractivity (Wildman–Crippen MR) is 271 cm³/mol. The lowest BCUT2D eigenvalue weighted by Crippen LogP contribution is -2.75. The van der Waals surface area contributed by atoms with Crippen LogP contribution in [0, 0.1) is 0 Å². The zero-order valence-corrected chi connectivity index (χ0v) is 36.5. The number of nitrogens with zero attached hydrogens (tertiary/aromatic N) is 2. The van der Waals surface area contributed by atoms with Crippen LogP contribution >= 0.6 is 11.3 Å². The van der Waals surface area contributed by atoms with Crippen molar-refractivity contribution in [2.75, 3.05) is 0 Å². The van der Waals surface area contributed by atoms with E-state index in [9.17, 15) is 0 Å². The average Bonchev–Trinajstić information content (AvgIpc) is 4.16. The summed E-state index contributed by atoms with van der Waals surface area (Å²) in [5, 5.41) is 13.0. The molecule has 0 fully saturated rings.